The molecule has 18 heavy (non-hydrogen) atoms. The van der Waals surface area contributed by atoms with Crippen molar-refractivity contribution in [3.8, 4) is 5.75 Å². The van der Waals surface area contributed by atoms with Gasteiger partial charge in [-0.1, -0.05) is 31.9 Å². The Kier molecular flexibility index (Phi) is 4.65. The highest BCUT2D eigenvalue weighted by atomic mass is 16.5. The van der Waals surface area contributed by atoms with Gasteiger partial charge in [0, 0.05) is 0 Å². The van der Waals surface area contributed by atoms with E-state index in [-0.39, 0.29) is 0 Å². The first kappa shape index (κ1) is 13.4. The molecule has 0 aliphatic heterocycles. The molecule has 1 aromatic carbocycles. The van der Waals surface area contributed by atoms with Crippen LogP contribution in [0.15, 0.2) is 24.3 Å². The molecule has 0 radical (unpaired) electrons. The Balaban J connectivity index is 2.20. The standard InChI is InChI=1S/C16H25NO/c1-3-12-7-8-14(11-17)16(9-12)13-5-4-6-15(10-13)18-2/h4-6,10,12,14,16H,3,7-9,11,17H2,1-2H3. The summed E-state index contributed by atoms with van der Waals surface area (Å²) in [5, 5.41) is 0. The van der Waals surface area contributed by atoms with Crippen LogP contribution in [0.3, 0.4) is 0 Å². The van der Waals surface area contributed by atoms with Crippen LogP contribution in [-0.4, -0.2) is 13.7 Å². The number of ether oxygens (including phenoxy) is 1. The van der Waals surface area contributed by atoms with Crippen LogP contribution in [0.1, 0.15) is 44.1 Å². The topological polar surface area (TPSA) is 35.2 Å². The molecule has 2 rings (SSSR count). The van der Waals surface area contributed by atoms with Gasteiger partial charge in [-0.05, 0) is 54.8 Å². The van der Waals surface area contributed by atoms with Crippen LogP contribution in [0.25, 0.3) is 0 Å². The van der Waals surface area contributed by atoms with Crippen molar-refractivity contribution in [3.63, 3.8) is 0 Å². The summed E-state index contributed by atoms with van der Waals surface area (Å²) >= 11 is 0. The van der Waals surface area contributed by atoms with Crippen LogP contribution in [0.4, 0.5) is 0 Å². The number of nitrogens with two attached hydrogens (primary N) is 1. The van der Waals surface area contributed by atoms with Gasteiger partial charge >= 0.3 is 0 Å². The molecule has 1 aliphatic rings. The third-order valence-corrected chi connectivity index (χ3v) is 4.50. The molecular weight excluding hydrogens is 222 g/mol. The van der Waals surface area contributed by atoms with E-state index in [1.54, 1.807) is 7.11 Å². The van der Waals surface area contributed by atoms with Gasteiger partial charge in [-0.15, -0.1) is 0 Å². The first-order valence-corrected chi connectivity index (χ1v) is 7.12. The highest BCUT2D eigenvalue weighted by Gasteiger charge is 2.30. The summed E-state index contributed by atoms with van der Waals surface area (Å²) < 4.78 is 5.34. The first-order chi connectivity index (χ1) is 8.78. The van der Waals surface area contributed by atoms with Crippen LogP contribution in [-0.2, 0) is 0 Å². The van der Waals surface area contributed by atoms with E-state index in [9.17, 15) is 0 Å². The van der Waals surface area contributed by atoms with Crippen LogP contribution < -0.4 is 10.5 Å². The van der Waals surface area contributed by atoms with E-state index >= 15 is 0 Å². The molecule has 1 aliphatic carbocycles. The predicted molar refractivity (Wildman–Crippen MR) is 75.9 cm³/mol. The fourth-order valence-corrected chi connectivity index (χ4v) is 3.25. The molecule has 3 unspecified atom stereocenters. The van der Waals surface area contributed by atoms with E-state index in [1.807, 2.05) is 6.07 Å². The molecular formula is C16H25NO. The fraction of sp³-hybridized carbons (Fsp3) is 0.625. The summed E-state index contributed by atoms with van der Waals surface area (Å²) in [6, 6.07) is 8.53. The summed E-state index contributed by atoms with van der Waals surface area (Å²) in [6.45, 7) is 3.11. The Morgan fingerprint density at radius 2 is 2.17 bits per heavy atom. The normalized spacial score (nSPS) is 28.1. The van der Waals surface area contributed by atoms with E-state index in [0.717, 1.165) is 18.2 Å². The maximum Gasteiger partial charge on any atom is 0.119 e. The molecule has 2 nitrogen and oxygen atoms in total. The lowest BCUT2D eigenvalue weighted by Crippen LogP contribution is -2.28. The van der Waals surface area contributed by atoms with E-state index < -0.39 is 0 Å². The number of rotatable bonds is 4. The fourth-order valence-electron chi connectivity index (χ4n) is 3.25. The maximum atomic E-state index is 5.96. The minimum Gasteiger partial charge on any atom is -0.497 e. The van der Waals surface area contributed by atoms with Gasteiger partial charge in [0.15, 0.2) is 0 Å². The molecule has 2 heteroatoms. The number of hydrogen-bond donors (Lipinski definition) is 1. The second kappa shape index (κ2) is 6.24. The van der Waals surface area contributed by atoms with Crippen LogP contribution in [0.5, 0.6) is 5.75 Å². The summed E-state index contributed by atoms with van der Waals surface area (Å²) in [5.41, 5.74) is 7.36. The number of methoxy groups -OCH3 is 1. The first-order valence-electron chi connectivity index (χ1n) is 7.12. The SMILES string of the molecule is CCC1CCC(CN)C(c2cccc(OC)c2)C1. The van der Waals surface area contributed by atoms with Gasteiger partial charge in [-0.3, -0.25) is 0 Å². The molecule has 1 saturated carbocycles. The Morgan fingerprint density at radius 3 is 2.83 bits per heavy atom. The van der Waals surface area contributed by atoms with E-state index in [4.69, 9.17) is 10.5 Å². The van der Waals surface area contributed by atoms with Crippen molar-refractivity contribution in [2.24, 2.45) is 17.6 Å². The van der Waals surface area contributed by atoms with Gasteiger partial charge in [-0.25, -0.2) is 0 Å². The zero-order chi connectivity index (χ0) is 13.0. The monoisotopic (exact) mass is 247 g/mol. The number of hydrogen-bond acceptors (Lipinski definition) is 2. The van der Waals surface area contributed by atoms with E-state index in [1.165, 1.54) is 31.2 Å². The average molecular weight is 247 g/mol. The maximum absolute atomic E-state index is 5.96. The third kappa shape index (κ3) is 2.86. The molecule has 100 valence electrons. The molecule has 0 bridgehead atoms. The van der Waals surface area contributed by atoms with Gasteiger partial charge in [0.1, 0.15) is 5.75 Å². The Morgan fingerprint density at radius 1 is 1.33 bits per heavy atom. The van der Waals surface area contributed by atoms with Crippen molar-refractivity contribution in [3.05, 3.63) is 29.8 Å². The molecule has 0 aromatic heterocycles. The van der Waals surface area contributed by atoms with Crippen molar-refractivity contribution in [2.45, 2.75) is 38.5 Å². The lowest BCUT2D eigenvalue weighted by molar-refractivity contribution is 0.235. The third-order valence-electron chi connectivity index (χ3n) is 4.50. The Labute approximate surface area is 111 Å². The van der Waals surface area contributed by atoms with Gasteiger partial charge in [0.05, 0.1) is 7.11 Å². The molecule has 0 amide bonds. The van der Waals surface area contributed by atoms with E-state index in [2.05, 4.69) is 25.1 Å². The van der Waals surface area contributed by atoms with Crippen molar-refractivity contribution < 1.29 is 4.74 Å². The van der Waals surface area contributed by atoms with Crippen molar-refractivity contribution in [1.82, 2.24) is 0 Å². The quantitative estimate of drug-likeness (QED) is 0.883. The zero-order valence-electron chi connectivity index (χ0n) is 11.6. The summed E-state index contributed by atoms with van der Waals surface area (Å²) in [7, 11) is 1.73. The molecule has 1 fully saturated rings. The highest BCUT2D eigenvalue weighted by molar-refractivity contribution is 5.31. The zero-order valence-corrected chi connectivity index (χ0v) is 11.6. The van der Waals surface area contributed by atoms with Crippen LogP contribution >= 0.6 is 0 Å². The Bertz CT molecular complexity index is 377. The second-order valence-corrected chi connectivity index (χ2v) is 5.47. The lowest BCUT2D eigenvalue weighted by atomic mass is 9.70. The smallest absolute Gasteiger partial charge is 0.119 e. The largest absolute Gasteiger partial charge is 0.497 e. The summed E-state index contributed by atoms with van der Waals surface area (Å²) in [6.07, 6.45) is 5.19. The molecule has 3 atom stereocenters. The van der Waals surface area contributed by atoms with Crippen molar-refractivity contribution in [2.75, 3.05) is 13.7 Å². The minimum absolute atomic E-state index is 0.615. The van der Waals surface area contributed by atoms with Gasteiger partial charge in [0.25, 0.3) is 0 Å². The minimum atomic E-state index is 0.615. The molecule has 0 spiro atoms. The summed E-state index contributed by atoms with van der Waals surface area (Å²) in [4.78, 5) is 0. The van der Waals surface area contributed by atoms with Crippen molar-refractivity contribution >= 4 is 0 Å². The van der Waals surface area contributed by atoms with Gasteiger partial charge in [-0.2, -0.15) is 0 Å². The average Bonchev–Trinajstić information content (AvgIpc) is 2.46. The van der Waals surface area contributed by atoms with Crippen molar-refractivity contribution in [1.29, 1.82) is 0 Å². The van der Waals surface area contributed by atoms with Gasteiger partial charge < -0.3 is 10.5 Å². The molecule has 0 heterocycles. The molecule has 2 N–H and O–H groups in total. The Hall–Kier alpha value is -1.02. The van der Waals surface area contributed by atoms with Crippen LogP contribution in [0.2, 0.25) is 0 Å². The van der Waals surface area contributed by atoms with E-state index in [0.29, 0.717) is 11.8 Å². The molecule has 0 saturated heterocycles. The number of benzene rings is 1. The highest BCUT2D eigenvalue weighted by Crippen LogP contribution is 2.41. The lowest BCUT2D eigenvalue weighted by Gasteiger charge is -2.35. The van der Waals surface area contributed by atoms with Gasteiger partial charge in [0.2, 0.25) is 0 Å². The predicted octanol–water partition coefficient (Wildman–Crippen LogP) is 3.56. The molecule has 1 aromatic rings. The second-order valence-electron chi connectivity index (χ2n) is 5.47. The van der Waals surface area contributed by atoms with Crippen LogP contribution in [0, 0.1) is 11.8 Å². The summed E-state index contributed by atoms with van der Waals surface area (Å²) in [5.74, 6) is 3.08.